The number of nitrogens with one attached hydrogen (secondary N) is 3. The number of nitrogens with zero attached hydrogens (tertiary/aromatic N) is 5. The molecule has 0 atom stereocenters. The first-order chi connectivity index (χ1) is 17.2. The van der Waals surface area contributed by atoms with Gasteiger partial charge in [-0.25, -0.2) is 23.5 Å². The standard InChI is InChI=1S/C24H20F2N8OS/c1-24(2,3)32-23(35)31-21-14(19-15(25)5-4-6-16(19)26)9-12-11-27-22(30-20(12)29-21)28-13-7-8-17-18(10-13)34-36-33-17/h4-11H,1-3H3,(H3,27,28,29,30,31,32,35). The first-order valence-corrected chi connectivity index (χ1v) is 11.6. The topological polar surface area (TPSA) is 118 Å². The Bertz CT molecular complexity index is 1600. The van der Waals surface area contributed by atoms with E-state index in [4.69, 9.17) is 0 Å². The minimum absolute atomic E-state index is 0.0483. The monoisotopic (exact) mass is 506 g/mol. The minimum atomic E-state index is -0.790. The van der Waals surface area contributed by atoms with E-state index in [1.54, 1.807) is 0 Å². The third kappa shape index (κ3) is 4.89. The lowest BCUT2D eigenvalue weighted by Gasteiger charge is -2.21. The molecule has 0 saturated heterocycles. The zero-order valence-electron chi connectivity index (χ0n) is 19.4. The third-order valence-electron chi connectivity index (χ3n) is 5.03. The van der Waals surface area contributed by atoms with Crippen LogP contribution in [0.15, 0.2) is 48.7 Å². The van der Waals surface area contributed by atoms with Gasteiger partial charge in [0, 0.05) is 28.4 Å². The molecule has 3 heterocycles. The minimum Gasteiger partial charge on any atom is -0.333 e. The Morgan fingerprint density at radius 2 is 1.72 bits per heavy atom. The van der Waals surface area contributed by atoms with Crippen LogP contribution in [-0.4, -0.2) is 35.3 Å². The number of carbonyl (C=O) groups excluding carboxylic acids is 1. The number of carbonyl (C=O) groups is 1. The summed E-state index contributed by atoms with van der Waals surface area (Å²) in [5.41, 5.74) is 1.63. The largest absolute Gasteiger partial charge is 0.333 e. The number of aromatic nitrogens is 5. The summed E-state index contributed by atoms with van der Waals surface area (Å²) < 4.78 is 37.7. The first-order valence-electron chi connectivity index (χ1n) is 10.9. The van der Waals surface area contributed by atoms with Gasteiger partial charge in [-0.05, 0) is 57.2 Å². The normalized spacial score (nSPS) is 11.6. The van der Waals surface area contributed by atoms with Crippen molar-refractivity contribution in [3.63, 3.8) is 0 Å². The van der Waals surface area contributed by atoms with Crippen molar-refractivity contribution in [3.05, 3.63) is 60.3 Å². The van der Waals surface area contributed by atoms with Crippen molar-refractivity contribution in [2.75, 3.05) is 10.6 Å². The number of halogens is 2. The summed E-state index contributed by atoms with van der Waals surface area (Å²) in [7, 11) is 0. The Morgan fingerprint density at radius 3 is 2.47 bits per heavy atom. The molecule has 0 fully saturated rings. The van der Waals surface area contributed by atoms with Gasteiger partial charge in [-0.1, -0.05) is 6.07 Å². The summed E-state index contributed by atoms with van der Waals surface area (Å²) in [6.07, 6.45) is 1.49. The van der Waals surface area contributed by atoms with Gasteiger partial charge in [-0.15, -0.1) is 0 Å². The van der Waals surface area contributed by atoms with Crippen molar-refractivity contribution in [1.82, 2.24) is 29.0 Å². The van der Waals surface area contributed by atoms with E-state index in [1.807, 2.05) is 39.0 Å². The molecule has 5 rings (SSSR count). The van der Waals surface area contributed by atoms with E-state index in [0.29, 0.717) is 11.1 Å². The fourth-order valence-corrected chi connectivity index (χ4v) is 4.05. The molecule has 182 valence electrons. The van der Waals surface area contributed by atoms with Crippen LogP contribution < -0.4 is 16.0 Å². The van der Waals surface area contributed by atoms with Crippen molar-refractivity contribution in [2.45, 2.75) is 26.3 Å². The Balaban J connectivity index is 1.57. The van der Waals surface area contributed by atoms with Crippen LogP contribution in [0, 0.1) is 11.6 Å². The maximum Gasteiger partial charge on any atom is 0.320 e. The fraction of sp³-hybridized carbons (Fsp3) is 0.167. The Kier molecular flexibility index (Phi) is 5.88. The summed E-state index contributed by atoms with van der Waals surface area (Å²) in [5, 5.41) is 8.87. The number of hydrogen-bond acceptors (Lipinski definition) is 8. The molecule has 0 aliphatic rings. The predicted octanol–water partition coefficient (Wildman–Crippen LogP) is 5.64. The molecule has 0 aliphatic heterocycles. The number of hydrogen-bond donors (Lipinski definition) is 3. The van der Waals surface area contributed by atoms with Gasteiger partial charge in [0.25, 0.3) is 0 Å². The van der Waals surface area contributed by atoms with Crippen molar-refractivity contribution in [2.24, 2.45) is 0 Å². The highest BCUT2D eigenvalue weighted by atomic mass is 32.1. The van der Waals surface area contributed by atoms with Crippen LogP contribution in [0.5, 0.6) is 0 Å². The maximum atomic E-state index is 14.7. The van der Waals surface area contributed by atoms with E-state index >= 15 is 0 Å². The molecule has 0 saturated carbocycles. The quantitative estimate of drug-likeness (QED) is 0.289. The van der Waals surface area contributed by atoms with Crippen LogP contribution in [-0.2, 0) is 0 Å². The molecular formula is C24H20F2N8OS. The van der Waals surface area contributed by atoms with Crippen LogP contribution in [0.25, 0.3) is 33.2 Å². The van der Waals surface area contributed by atoms with E-state index in [0.717, 1.165) is 34.9 Å². The Morgan fingerprint density at radius 1 is 0.972 bits per heavy atom. The highest BCUT2D eigenvalue weighted by Crippen LogP contribution is 2.34. The Labute approximate surface area is 208 Å². The summed E-state index contributed by atoms with van der Waals surface area (Å²) in [6, 6.07) is 9.91. The molecule has 2 amide bonds. The van der Waals surface area contributed by atoms with E-state index in [9.17, 15) is 13.6 Å². The van der Waals surface area contributed by atoms with Crippen LogP contribution in [0.3, 0.4) is 0 Å². The molecule has 5 aromatic rings. The maximum absolute atomic E-state index is 14.7. The van der Waals surface area contributed by atoms with E-state index in [-0.39, 0.29) is 28.5 Å². The lowest BCUT2D eigenvalue weighted by molar-refractivity contribution is 0.243. The average molecular weight is 507 g/mol. The average Bonchev–Trinajstić information content (AvgIpc) is 3.26. The molecule has 0 bridgehead atoms. The number of urea groups is 1. The van der Waals surface area contributed by atoms with Gasteiger partial charge in [0.15, 0.2) is 5.65 Å². The second-order valence-corrected chi connectivity index (χ2v) is 9.54. The molecule has 0 radical (unpaired) electrons. The molecule has 9 nitrogen and oxygen atoms in total. The molecule has 3 aromatic heterocycles. The second-order valence-electron chi connectivity index (χ2n) is 9.01. The Hall–Kier alpha value is -4.32. The highest BCUT2D eigenvalue weighted by molar-refractivity contribution is 7.00. The molecule has 36 heavy (non-hydrogen) atoms. The summed E-state index contributed by atoms with van der Waals surface area (Å²) >= 11 is 1.12. The molecule has 12 heteroatoms. The zero-order chi connectivity index (χ0) is 25.4. The smallest absolute Gasteiger partial charge is 0.320 e. The van der Waals surface area contributed by atoms with Crippen molar-refractivity contribution in [3.8, 4) is 11.1 Å². The van der Waals surface area contributed by atoms with Crippen molar-refractivity contribution < 1.29 is 13.6 Å². The molecule has 2 aromatic carbocycles. The summed E-state index contributed by atoms with van der Waals surface area (Å²) in [6.45, 7) is 5.42. The lowest BCUT2D eigenvalue weighted by atomic mass is 10.0. The van der Waals surface area contributed by atoms with Gasteiger partial charge < -0.3 is 10.6 Å². The van der Waals surface area contributed by atoms with Crippen LogP contribution in [0.4, 0.5) is 31.0 Å². The van der Waals surface area contributed by atoms with Crippen molar-refractivity contribution >= 4 is 57.3 Å². The van der Waals surface area contributed by atoms with Gasteiger partial charge in [-0.2, -0.15) is 13.7 Å². The van der Waals surface area contributed by atoms with E-state index < -0.39 is 23.2 Å². The number of fused-ring (bicyclic) bond motifs is 2. The second kappa shape index (κ2) is 9.04. The van der Waals surface area contributed by atoms with Gasteiger partial charge in [0.2, 0.25) is 5.95 Å². The summed E-state index contributed by atoms with van der Waals surface area (Å²) in [4.78, 5) is 25.8. The van der Waals surface area contributed by atoms with Gasteiger partial charge in [0.05, 0.1) is 17.3 Å². The number of anilines is 3. The summed E-state index contributed by atoms with van der Waals surface area (Å²) in [5.74, 6) is -1.39. The van der Waals surface area contributed by atoms with Crippen LogP contribution in [0.2, 0.25) is 0 Å². The fourth-order valence-electron chi connectivity index (χ4n) is 3.53. The molecule has 3 N–H and O–H groups in total. The van der Waals surface area contributed by atoms with Gasteiger partial charge in [-0.3, -0.25) is 5.32 Å². The first kappa shape index (κ1) is 23.4. The molecule has 0 unspecified atom stereocenters. The van der Waals surface area contributed by atoms with Crippen LogP contribution >= 0.6 is 11.7 Å². The SMILES string of the molecule is CC(C)(C)NC(=O)Nc1nc2nc(Nc3ccc4nsnc4c3)ncc2cc1-c1c(F)cccc1F. The number of benzene rings is 2. The number of pyridine rings is 1. The third-order valence-corrected chi connectivity index (χ3v) is 5.59. The van der Waals surface area contributed by atoms with Gasteiger partial charge in [0.1, 0.15) is 28.5 Å². The van der Waals surface area contributed by atoms with Crippen LogP contribution in [0.1, 0.15) is 20.8 Å². The zero-order valence-corrected chi connectivity index (χ0v) is 20.2. The van der Waals surface area contributed by atoms with Crippen molar-refractivity contribution in [1.29, 1.82) is 0 Å². The number of amides is 2. The number of rotatable bonds is 4. The lowest BCUT2D eigenvalue weighted by Crippen LogP contribution is -2.43. The van der Waals surface area contributed by atoms with E-state index in [2.05, 4.69) is 39.6 Å². The molecule has 0 aliphatic carbocycles. The van der Waals surface area contributed by atoms with Gasteiger partial charge >= 0.3 is 6.03 Å². The van der Waals surface area contributed by atoms with E-state index in [1.165, 1.54) is 18.3 Å². The predicted molar refractivity (Wildman–Crippen MR) is 135 cm³/mol. The highest BCUT2D eigenvalue weighted by Gasteiger charge is 2.21. The molecule has 0 spiro atoms. The molecular weight excluding hydrogens is 486 g/mol.